The van der Waals surface area contributed by atoms with Crippen LogP contribution < -0.4 is 15.9 Å². The van der Waals surface area contributed by atoms with Gasteiger partial charge in [0.15, 0.2) is 0 Å². The van der Waals surface area contributed by atoms with Crippen molar-refractivity contribution in [1.82, 2.24) is 0 Å². The zero-order valence-electron chi connectivity index (χ0n) is 19.8. The quantitative estimate of drug-likeness (QED) is 0.165. The van der Waals surface area contributed by atoms with Crippen LogP contribution in [-0.2, 0) is 0 Å². The highest BCUT2D eigenvalue weighted by atomic mass is 35.5. The normalized spacial score (nSPS) is 11.2. The van der Waals surface area contributed by atoms with E-state index < -0.39 is 7.26 Å². The third kappa shape index (κ3) is 7.47. The molecule has 0 heterocycles. The fourth-order valence-corrected chi connectivity index (χ4v) is 9.13. The molecule has 0 bridgehead atoms. The maximum Gasteiger partial charge on any atom is 0.112 e. The molecule has 0 nitrogen and oxygen atoms in total. The molecule has 0 saturated carbocycles. The van der Waals surface area contributed by atoms with Crippen LogP contribution in [0.4, 0.5) is 0 Å². The third-order valence-electron chi connectivity index (χ3n) is 6.44. The first-order valence-corrected chi connectivity index (χ1v) is 14.4. The van der Waals surface area contributed by atoms with Gasteiger partial charge in [0.2, 0.25) is 0 Å². The van der Waals surface area contributed by atoms with Gasteiger partial charge in [-0.15, -0.1) is 12.4 Å². The van der Waals surface area contributed by atoms with Crippen molar-refractivity contribution < 1.29 is 0 Å². The van der Waals surface area contributed by atoms with Crippen molar-refractivity contribution in [1.29, 1.82) is 0 Å². The zero-order chi connectivity index (χ0) is 21.6. The number of unbranched alkanes of at least 4 members (excludes halogenated alkanes) is 9. The summed E-state index contributed by atoms with van der Waals surface area (Å²) in [6.45, 7) is 2.29. The Balaban J connectivity index is 0.00000363. The number of hydrogen-bond acceptors (Lipinski definition) is 0. The second-order valence-electron chi connectivity index (χ2n) is 8.72. The van der Waals surface area contributed by atoms with Gasteiger partial charge in [-0.25, -0.2) is 0 Å². The van der Waals surface area contributed by atoms with Crippen LogP contribution in [0.2, 0.25) is 0 Å². The number of rotatable bonds is 14. The zero-order valence-corrected chi connectivity index (χ0v) is 21.5. The van der Waals surface area contributed by atoms with E-state index in [2.05, 4.69) is 97.9 Å². The second-order valence-corrected chi connectivity index (χ2v) is 12.3. The van der Waals surface area contributed by atoms with Crippen LogP contribution in [0.1, 0.15) is 71.1 Å². The lowest BCUT2D eigenvalue weighted by Gasteiger charge is -2.27. The Bertz CT molecular complexity index is 736. The highest BCUT2D eigenvalue weighted by Crippen LogP contribution is 2.55. The summed E-state index contributed by atoms with van der Waals surface area (Å²) in [6, 6.07) is 33.9. The van der Waals surface area contributed by atoms with Crippen LogP contribution in [-0.4, -0.2) is 6.16 Å². The molecule has 0 atom stereocenters. The maximum atomic E-state index is 2.37. The van der Waals surface area contributed by atoms with E-state index in [9.17, 15) is 0 Å². The van der Waals surface area contributed by atoms with Crippen molar-refractivity contribution in [2.75, 3.05) is 6.16 Å². The molecule has 32 heavy (non-hydrogen) atoms. The van der Waals surface area contributed by atoms with Crippen LogP contribution >= 0.6 is 19.7 Å². The Labute approximate surface area is 203 Å². The molecule has 0 aliphatic carbocycles. The number of hydrogen-bond donors (Lipinski definition) is 0. The fourth-order valence-electron chi connectivity index (χ4n) is 4.72. The van der Waals surface area contributed by atoms with Gasteiger partial charge in [0.05, 0.1) is 6.16 Å². The van der Waals surface area contributed by atoms with Crippen molar-refractivity contribution >= 4 is 35.6 Å². The summed E-state index contributed by atoms with van der Waals surface area (Å²) in [5.74, 6) is 0. The van der Waals surface area contributed by atoms with Crippen LogP contribution in [0.3, 0.4) is 0 Å². The number of benzene rings is 3. The van der Waals surface area contributed by atoms with E-state index in [0.717, 1.165) is 0 Å². The Kier molecular flexibility index (Phi) is 12.7. The predicted octanol–water partition coefficient (Wildman–Crippen LogP) is 8.32. The first-order valence-electron chi connectivity index (χ1n) is 12.4. The topological polar surface area (TPSA) is 0 Å². The van der Waals surface area contributed by atoms with E-state index in [0.29, 0.717) is 0 Å². The minimum atomic E-state index is -1.63. The van der Waals surface area contributed by atoms with Crippen molar-refractivity contribution in [2.24, 2.45) is 0 Å². The van der Waals surface area contributed by atoms with Gasteiger partial charge in [0.25, 0.3) is 0 Å². The Hall–Kier alpha value is -1.62. The summed E-state index contributed by atoms with van der Waals surface area (Å²) in [6.07, 6.45) is 15.2. The van der Waals surface area contributed by atoms with E-state index in [1.807, 2.05) is 0 Å². The average molecular weight is 468 g/mol. The SMILES string of the molecule is CCCCCCCCCCCC[P+](c1ccccc1)(c1ccccc1)c1ccccc1.Cl. The Morgan fingerprint density at radius 3 is 1.09 bits per heavy atom. The molecule has 172 valence electrons. The molecular formula is C30H41ClP+. The number of halogens is 1. The van der Waals surface area contributed by atoms with Crippen molar-refractivity contribution in [3.63, 3.8) is 0 Å². The molecule has 0 aliphatic heterocycles. The lowest BCUT2D eigenvalue weighted by Crippen LogP contribution is -2.33. The van der Waals surface area contributed by atoms with Gasteiger partial charge in [-0.05, 0) is 49.2 Å². The minimum Gasteiger partial charge on any atom is -0.147 e. The molecule has 3 aromatic rings. The lowest BCUT2D eigenvalue weighted by atomic mass is 10.1. The molecule has 0 aliphatic rings. The lowest BCUT2D eigenvalue weighted by molar-refractivity contribution is 0.563. The average Bonchev–Trinajstić information content (AvgIpc) is 2.84. The Morgan fingerprint density at radius 1 is 0.438 bits per heavy atom. The van der Waals surface area contributed by atoms with Crippen molar-refractivity contribution in [2.45, 2.75) is 71.1 Å². The van der Waals surface area contributed by atoms with Crippen molar-refractivity contribution in [3.8, 4) is 0 Å². The molecule has 0 unspecified atom stereocenters. The monoisotopic (exact) mass is 467 g/mol. The van der Waals surface area contributed by atoms with E-state index in [1.165, 1.54) is 86.3 Å². The molecule has 0 radical (unpaired) electrons. The highest BCUT2D eigenvalue weighted by molar-refractivity contribution is 7.95. The molecule has 3 aromatic carbocycles. The van der Waals surface area contributed by atoms with Gasteiger partial charge >= 0.3 is 0 Å². The van der Waals surface area contributed by atoms with Crippen LogP contribution in [0.15, 0.2) is 91.0 Å². The van der Waals surface area contributed by atoms with Gasteiger partial charge in [-0.1, -0.05) is 113 Å². The minimum absolute atomic E-state index is 0. The summed E-state index contributed by atoms with van der Waals surface area (Å²) >= 11 is 0. The highest BCUT2D eigenvalue weighted by Gasteiger charge is 2.44. The van der Waals surface area contributed by atoms with Gasteiger partial charge in [0.1, 0.15) is 23.2 Å². The molecule has 3 rings (SSSR count). The summed E-state index contributed by atoms with van der Waals surface area (Å²) in [4.78, 5) is 0. The van der Waals surface area contributed by atoms with Crippen molar-refractivity contribution in [3.05, 3.63) is 91.0 Å². The summed E-state index contributed by atoms with van der Waals surface area (Å²) in [7, 11) is -1.63. The predicted molar refractivity (Wildman–Crippen MR) is 149 cm³/mol. The third-order valence-corrected chi connectivity index (χ3v) is 11.0. The van der Waals surface area contributed by atoms with Gasteiger partial charge < -0.3 is 0 Å². The summed E-state index contributed by atoms with van der Waals surface area (Å²) in [5, 5.41) is 4.55. The maximum absolute atomic E-state index is 2.37. The molecule has 0 amide bonds. The van der Waals surface area contributed by atoms with E-state index in [1.54, 1.807) is 0 Å². The smallest absolute Gasteiger partial charge is 0.112 e. The molecular weight excluding hydrogens is 427 g/mol. The standard InChI is InChI=1S/C30H40P.ClH/c1-2-3-4-5-6-7-8-9-10-20-27-31(28-21-14-11-15-22-28,29-23-16-12-17-24-29)30-25-18-13-19-26-30;/h11-19,21-26H,2-10,20,27H2,1H3;1H/q+1;. The van der Waals surface area contributed by atoms with Crippen LogP contribution in [0, 0.1) is 0 Å². The summed E-state index contributed by atoms with van der Waals surface area (Å²) in [5.41, 5.74) is 0. The van der Waals surface area contributed by atoms with E-state index in [4.69, 9.17) is 0 Å². The van der Waals surface area contributed by atoms with Gasteiger partial charge in [-0.3, -0.25) is 0 Å². The fraction of sp³-hybridized carbons (Fsp3) is 0.400. The molecule has 2 heteroatoms. The first kappa shape index (κ1) is 26.6. The molecule has 0 fully saturated rings. The van der Waals surface area contributed by atoms with Crippen LogP contribution in [0.5, 0.6) is 0 Å². The molecule has 0 aromatic heterocycles. The second kappa shape index (κ2) is 15.3. The molecule has 0 N–H and O–H groups in total. The van der Waals surface area contributed by atoms with Gasteiger partial charge in [0, 0.05) is 0 Å². The first-order chi connectivity index (χ1) is 15.4. The summed E-state index contributed by atoms with van der Waals surface area (Å²) < 4.78 is 0. The Morgan fingerprint density at radius 2 is 0.750 bits per heavy atom. The molecule has 0 saturated heterocycles. The van der Waals surface area contributed by atoms with Crippen LogP contribution in [0.25, 0.3) is 0 Å². The largest absolute Gasteiger partial charge is 0.147 e. The molecule has 0 spiro atoms. The van der Waals surface area contributed by atoms with E-state index >= 15 is 0 Å². The van der Waals surface area contributed by atoms with E-state index in [-0.39, 0.29) is 12.4 Å². The van der Waals surface area contributed by atoms with Gasteiger partial charge in [-0.2, -0.15) is 0 Å².